The largest absolute Gasteiger partial charge is 2.00 e. The minimum absolute atomic E-state index is 0. The molecule has 0 bridgehead atoms. The third-order valence-electron chi connectivity index (χ3n) is 0. The molecule has 0 amide bonds. The Labute approximate surface area is 70.0 Å². The summed E-state index contributed by atoms with van der Waals surface area (Å²) in [5.74, 6) is 0. The maximum absolute atomic E-state index is 8.35. The van der Waals surface area contributed by atoms with E-state index in [1.165, 1.54) is 0 Å². The van der Waals surface area contributed by atoms with Crippen molar-refractivity contribution >= 4 is 17.4 Å². The van der Waals surface area contributed by atoms with Crippen LogP contribution in [0.15, 0.2) is 0 Å². The van der Waals surface area contributed by atoms with Gasteiger partial charge in [-0.2, -0.15) is 0 Å². The van der Waals surface area contributed by atoms with E-state index in [9.17, 15) is 0 Å². The van der Waals surface area contributed by atoms with Crippen LogP contribution in [0.4, 0.5) is 0 Å². The SMILES string of the molecule is O=P[O-].O=P[O-].[Cu].[Ni+2]. The summed E-state index contributed by atoms with van der Waals surface area (Å²) in [6.45, 7) is 0. The Bertz CT molecular complexity index is 35.0. The van der Waals surface area contributed by atoms with Crippen LogP contribution < -0.4 is 9.79 Å². The fourth-order valence-corrected chi connectivity index (χ4v) is 0. The Morgan fingerprint density at radius 1 is 1.00 bits per heavy atom. The van der Waals surface area contributed by atoms with Crippen molar-refractivity contribution in [1.29, 1.82) is 0 Å². The van der Waals surface area contributed by atoms with Gasteiger partial charge in [0, 0.05) is 17.1 Å². The van der Waals surface area contributed by atoms with Crippen molar-refractivity contribution in [2.75, 3.05) is 0 Å². The molecule has 0 N–H and O–H groups in total. The summed E-state index contributed by atoms with van der Waals surface area (Å²) >= 11 is 0. The van der Waals surface area contributed by atoms with E-state index in [0.29, 0.717) is 0 Å². The van der Waals surface area contributed by atoms with Gasteiger partial charge in [0.15, 0.2) is 0 Å². The third kappa shape index (κ3) is 209. The molecular weight excluding hydrogens is 248 g/mol. The van der Waals surface area contributed by atoms with Gasteiger partial charge in [-0.25, -0.2) is 0 Å². The summed E-state index contributed by atoms with van der Waals surface area (Å²) < 4.78 is 16.7. The fourth-order valence-electron chi connectivity index (χ4n) is 0. The molecule has 0 atom stereocenters. The minimum Gasteiger partial charge on any atom is -0.772 e. The predicted octanol–water partition coefficient (Wildman–Crippen LogP) is -0.898. The summed E-state index contributed by atoms with van der Waals surface area (Å²) in [6, 6.07) is 0. The van der Waals surface area contributed by atoms with E-state index in [1.54, 1.807) is 0 Å². The van der Waals surface area contributed by atoms with E-state index < -0.39 is 17.4 Å². The van der Waals surface area contributed by atoms with Crippen LogP contribution in [-0.2, 0) is 42.7 Å². The Morgan fingerprint density at radius 2 is 1.00 bits per heavy atom. The van der Waals surface area contributed by atoms with E-state index in [4.69, 9.17) is 18.9 Å². The molecule has 0 saturated heterocycles. The predicted molar refractivity (Wildman–Crippen MR) is 15.2 cm³/mol. The molecule has 4 nitrogen and oxygen atoms in total. The molecular formula is CuNiO4P2. The first kappa shape index (κ1) is 22.9. The van der Waals surface area contributed by atoms with Gasteiger partial charge in [0.2, 0.25) is 0 Å². The summed E-state index contributed by atoms with van der Waals surface area (Å²) in [6.07, 6.45) is 0. The van der Waals surface area contributed by atoms with Gasteiger partial charge in [-0.1, -0.05) is 0 Å². The van der Waals surface area contributed by atoms with Gasteiger partial charge in [-0.3, -0.25) is 9.13 Å². The molecule has 1 radical (unpaired) electrons. The van der Waals surface area contributed by atoms with E-state index in [-0.39, 0.29) is 33.6 Å². The fraction of sp³-hybridized carbons (Fsp3) is 0. The van der Waals surface area contributed by atoms with Crippen molar-refractivity contribution in [3.63, 3.8) is 0 Å². The van der Waals surface area contributed by atoms with Crippen molar-refractivity contribution < 1.29 is 52.5 Å². The molecule has 0 aliphatic rings. The Morgan fingerprint density at radius 3 is 1.00 bits per heavy atom. The molecule has 0 saturated carbocycles. The van der Waals surface area contributed by atoms with Crippen molar-refractivity contribution in [1.82, 2.24) is 0 Å². The van der Waals surface area contributed by atoms with Crippen LogP contribution in [0.1, 0.15) is 0 Å². The second-order valence-electron chi connectivity index (χ2n) is 0.149. The quantitative estimate of drug-likeness (QED) is 0.411. The molecule has 0 heterocycles. The topological polar surface area (TPSA) is 80.3 Å². The van der Waals surface area contributed by atoms with Crippen LogP contribution in [0.2, 0.25) is 0 Å². The van der Waals surface area contributed by atoms with Crippen molar-refractivity contribution in [3.05, 3.63) is 0 Å². The van der Waals surface area contributed by atoms with Crippen LogP contribution in [0, 0.1) is 0 Å². The van der Waals surface area contributed by atoms with Crippen molar-refractivity contribution in [2.24, 2.45) is 0 Å². The van der Waals surface area contributed by atoms with E-state index in [1.807, 2.05) is 0 Å². The van der Waals surface area contributed by atoms with E-state index >= 15 is 0 Å². The first-order valence-electron chi connectivity index (χ1n) is 0.730. The average Bonchev–Trinajstić information content (AvgIpc) is 1.39. The van der Waals surface area contributed by atoms with Gasteiger partial charge in [-0.05, 0) is 0 Å². The first-order valence-corrected chi connectivity index (χ1v) is 2.19. The van der Waals surface area contributed by atoms with Gasteiger partial charge < -0.3 is 9.79 Å². The molecule has 0 aromatic carbocycles. The first-order chi connectivity index (χ1) is 2.83. The zero-order valence-corrected chi connectivity index (χ0v) is 6.86. The van der Waals surface area contributed by atoms with Crippen LogP contribution in [-0.4, -0.2) is 0 Å². The summed E-state index contributed by atoms with van der Waals surface area (Å²) in [7, 11) is -2.17. The molecule has 0 unspecified atom stereocenters. The Kier molecular flexibility index (Phi) is 121. The van der Waals surface area contributed by atoms with Crippen molar-refractivity contribution in [3.8, 4) is 0 Å². The van der Waals surface area contributed by atoms with Gasteiger partial charge in [0.25, 0.3) is 0 Å². The molecule has 0 aliphatic carbocycles. The second-order valence-corrected chi connectivity index (χ2v) is 0.447. The van der Waals surface area contributed by atoms with Crippen LogP contribution in [0.5, 0.6) is 0 Å². The number of hydrogen-bond acceptors (Lipinski definition) is 4. The third-order valence-corrected chi connectivity index (χ3v) is 0. The van der Waals surface area contributed by atoms with Gasteiger partial charge in [0.1, 0.15) is 0 Å². The van der Waals surface area contributed by atoms with Crippen LogP contribution in [0.25, 0.3) is 0 Å². The summed E-state index contributed by atoms with van der Waals surface area (Å²) in [4.78, 5) is 16.7. The second kappa shape index (κ2) is 42.2. The smallest absolute Gasteiger partial charge is 0.772 e. The molecule has 0 aromatic heterocycles. The number of hydrogen-bond donors (Lipinski definition) is 0. The van der Waals surface area contributed by atoms with Crippen molar-refractivity contribution in [2.45, 2.75) is 0 Å². The zero-order valence-electron chi connectivity index (χ0n) is 3.15. The zero-order chi connectivity index (χ0) is 5.41. The normalized spacial score (nSPS) is 5.25. The molecule has 0 spiro atoms. The maximum atomic E-state index is 8.35. The Hall–Kier alpha value is 1.13. The number of rotatable bonds is 0. The van der Waals surface area contributed by atoms with Crippen LogP contribution >= 0.6 is 17.4 Å². The standard InChI is InChI=1S/Cu.Ni.2HO2P/c;;2*1-3-2/h;;2*(H,1,2)/q;+2;;/p-2. The van der Waals surface area contributed by atoms with Crippen LogP contribution in [0.3, 0.4) is 0 Å². The average molecular weight is 248 g/mol. The maximum Gasteiger partial charge on any atom is 2.00 e. The van der Waals surface area contributed by atoms with Gasteiger partial charge in [0.05, 0.1) is 17.4 Å². The molecule has 0 rings (SSSR count). The monoisotopic (exact) mass is 247 g/mol. The Balaban J connectivity index is -0.0000000160. The van der Waals surface area contributed by atoms with E-state index in [0.717, 1.165) is 0 Å². The summed E-state index contributed by atoms with van der Waals surface area (Å²) in [5.41, 5.74) is 0. The molecule has 8 heavy (non-hydrogen) atoms. The molecule has 0 fully saturated rings. The minimum atomic E-state index is -1.08. The van der Waals surface area contributed by atoms with Gasteiger partial charge in [-0.15, -0.1) is 0 Å². The van der Waals surface area contributed by atoms with Gasteiger partial charge >= 0.3 is 16.5 Å². The molecule has 0 aliphatic heterocycles. The molecule has 8 heteroatoms. The molecule has 0 aromatic rings. The molecule has 55 valence electrons. The summed E-state index contributed by atoms with van der Waals surface area (Å²) in [5, 5.41) is 0. The van der Waals surface area contributed by atoms with E-state index in [2.05, 4.69) is 0 Å².